The van der Waals surface area contributed by atoms with Crippen molar-refractivity contribution in [2.45, 2.75) is 38.1 Å². The third kappa shape index (κ3) is 5.13. The van der Waals surface area contributed by atoms with Gasteiger partial charge in [0.2, 0.25) is 0 Å². The van der Waals surface area contributed by atoms with E-state index in [1.165, 1.54) is 0 Å². The van der Waals surface area contributed by atoms with Crippen LogP contribution in [0.25, 0.3) is 0 Å². The summed E-state index contributed by atoms with van der Waals surface area (Å²) in [6, 6.07) is 4.24. The number of rotatable bonds is 6. The Morgan fingerprint density at radius 1 is 1.44 bits per heavy atom. The average Bonchev–Trinajstić information content (AvgIpc) is 2.30. The summed E-state index contributed by atoms with van der Waals surface area (Å²) in [6.07, 6.45) is 6.52. The second-order valence-electron chi connectivity index (χ2n) is 4.35. The summed E-state index contributed by atoms with van der Waals surface area (Å²) < 4.78 is 0. The van der Waals surface area contributed by atoms with Gasteiger partial charge in [0.25, 0.3) is 0 Å². The summed E-state index contributed by atoms with van der Waals surface area (Å²) in [5.74, 6) is 1.05. The van der Waals surface area contributed by atoms with Crippen LogP contribution in [0.4, 0.5) is 0 Å². The molecule has 0 fully saturated rings. The lowest BCUT2D eigenvalue weighted by Gasteiger charge is -2.13. The molecule has 0 aliphatic heterocycles. The van der Waals surface area contributed by atoms with Crippen molar-refractivity contribution in [3.05, 3.63) is 18.6 Å². The standard InChI is InChI=1S/C12H17N3S/c1-12(2,9-13)6-3-4-8-16-11-5-7-14-10-15-11/h5,7,10H,3-4,6,8H2,1-2H3. The second-order valence-corrected chi connectivity index (χ2v) is 5.46. The molecule has 1 rings (SSSR count). The first-order chi connectivity index (χ1) is 7.64. The first-order valence-corrected chi connectivity index (χ1v) is 6.43. The normalized spacial score (nSPS) is 11.1. The Bertz CT molecular complexity index is 343. The lowest BCUT2D eigenvalue weighted by atomic mass is 9.89. The Labute approximate surface area is 101 Å². The smallest absolute Gasteiger partial charge is 0.116 e. The van der Waals surface area contributed by atoms with Gasteiger partial charge >= 0.3 is 0 Å². The molecule has 0 aliphatic carbocycles. The minimum atomic E-state index is -0.181. The molecule has 0 unspecified atom stereocenters. The molecular formula is C12H17N3S. The van der Waals surface area contributed by atoms with E-state index in [4.69, 9.17) is 5.26 Å². The molecule has 0 atom stereocenters. The lowest BCUT2D eigenvalue weighted by Crippen LogP contribution is -2.07. The van der Waals surface area contributed by atoms with E-state index in [2.05, 4.69) is 16.0 Å². The van der Waals surface area contributed by atoms with Gasteiger partial charge in [0.05, 0.1) is 16.5 Å². The fourth-order valence-electron chi connectivity index (χ4n) is 1.27. The van der Waals surface area contributed by atoms with Crippen LogP contribution in [0.2, 0.25) is 0 Å². The van der Waals surface area contributed by atoms with Crippen LogP contribution < -0.4 is 0 Å². The van der Waals surface area contributed by atoms with Crippen LogP contribution in [0.5, 0.6) is 0 Å². The molecular weight excluding hydrogens is 218 g/mol. The minimum Gasteiger partial charge on any atom is -0.245 e. The predicted octanol–water partition coefficient (Wildman–Crippen LogP) is 3.29. The fourth-order valence-corrected chi connectivity index (χ4v) is 2.10. The van der Waals surface area contributed by atoms with Crippen LogP contribution in [0.3, 0.4) is 0 Å². The Kier molecular flexibility index (Phi) is 5.27. The number of hydrogen-bond donors (Lipinski definition) is 0. The molecule has 0 saturated heterocycles. The molecule has 0 saturated carbocycles. The minimum absolute atomic E-state index is 0.181. The van der Waals surface area contributed by atoms with E-state index in [0.717, 1.165) is 30.0 Å². The van der Waals surface area contributed by atoms with E-state index in [-0.39, 0.29) is 5.41 Å². The highest BCUT2D eigenvalue weighted by molar-refractivity contribution is 7.99. The zero-order chi connectivity index (χ0) is 11.9. The zero-order valence-corrected chi connectivity index (χ0v) is 10.6. The van der Waals surface area contributed by atoms with Crippen molar-refractivity contribution >= 4 is 11.8 Å². The van der Waals surface area contributed by atoms with Crippen LogP contribution in [-0.2, 0) is 0 Å². The van der Waals surface area contributed by atoms with E-state index < -0.39 is 0 Å². The molecule has 16 heavy (non-hydrogen) atoms. The number of unbranched alkanes of at least 4 members (excludes halogenated alkanes) is 1. The van der Waals surface area contributed by atoms with Gasteiger partial charge in [-0.05, 0) is 38.5 Å². The van der Waals surface area contributed by atoms with E-state index >= 15 is 0 Å². The molecule has 0 bridgehead atoms. The Hall–Kier alpha value is -1.08. The van der Waals surface area contributed by atoms with Crippen LogP contribution in [-0.4, -0.2) is 15.7 Å². The van der Waals surface area contributed by atoms with Crippen LogP contribution in [0, 0.1) is 16.7 Å². The van der Waals surface area contributed by atoms with Crippen molar-refractivity contribution in [1.29, 1.82) is 5.26 Å². The maximum atomic E-state index is 8.86. The molecule has 3 nitrogen and oxygen atoms in total. The molecule has 0 aromatic carbocycles. The molecule has 0 radical (unpaired) electrons. The lowest BCUT2D eigenvalue weighted by molar-refractivity contribution is 0.433. The topological polar surface area (TPSA) is 49.6 Å². The van der Waals surface area contributed by atoms with Gasteiger partial charge in [0, 0.05) is 6.20 Å². The molecule has 1 heterocycles. The highest BCUT2D eigenvalue weighted by atomic mass is 32.2. The number of thioether (sulfide) groups is 1. The van der Waals surface area contributed by atoms with Gasteiger partial charge in [-0.1, -0.05) is 6.42 Å². The van der Waals surface area contributed by atoms with Crippen molar-refractivity contribution in [2.24, 2.45) is 5.41 Å². The Morgan fingerprint density at radius 3 is 2.88 bits per heavy atom. The van der Waals surface area contributed by atoms with Crippen LogP contribution in [0.15, 0.2) is 23.6 Å². The summed E-state index contributed by atoms with van der Waals surface area (Å²) in [6.45, 7) is 3.98. The molecule has 0 amide bonds. The van der Waals surface area contributed by atoms with E-state index in [1.807, 2.05) is 19.9 Å². The monoisotopic (exact) mass is 235 g/mol. The summed E-state index contributed by atoms with van der Waals surface area (Å²) >= 11 is 1.74. The van der Waals surface area contributed by atoms with Crippen molar-refractivity contribution in [3.63, 3.8) is 0 Å². The third-order valence-corrected chi connectivity index (χ3v) is 3.33. The second kappa shape index (κ2) is 6.49. The fraction of sp³-hybridized carbons (Fsp3) is 0.583. The van der Waals surface area contributed by atoms with E-state index in [9.17, 15) is 0 Å². The Morgan fingerprint density at radius 2 is 2.25 bits per heavy atom. The number of hydrogen-bond acceptors (Lipinski definition) is 4. The first-order valence-electron chi connectivity index (χ1n) is 5.44. The van der Waals surface area contributed by atoms with Crippen LogP contribution >= 0.6 is 11.8 Å². The molecule has 0 spiro atoms. The maximum absolute atomic E-state index is 8.86. The predicted molar refractivity (Wildman–Crippen MR) is 66.0 cm³/mol. The molecule has 4 heteroatoms. The van der Waals surface area contributed by atoms with Gasteiger partial charge in [-0.2, -0.15) is 5.26 Å². The van der Waals surface area contributed by atoms with E-state index in [0.29, 0.717) is 0 Å². The first kappa shape index (κ1) is 13.0. The van der Waals surface area contributed by atoms with Crippen molar-refractivity contribution in [3.8, 4) is 6.07 Å². The maximum Gasteiger partial charge on any atom is 0.116 e. The van der Waals surface area contributed by atoms with Gasteiger partial charge in [-0.15, -0.1) is 11.8 Å². The van der Waals surface area contributed by atoms with Crippen molar-refractivity contribution in [2.75, 3.05) is 5.75 Å². The van der Waals surface area contributed by atoms with Crippen LogP contribution in [0.1, 0.15) is 33.1 Å². The molecule has 0 aliphatic rings. The molecule has 0 N–H and O–H groups in total. The Balaban J connectivity index is 2.12. The average molecular weight is 235 g/mol. The highest BCUT2D eigenvalue weighted by Gasteiger charge is 2.15. The third-order valence-electron chi connectivity index (χ3n) is 2.30. The SMILES string of the molecule is CC(C)(C#N)CCCCSc1ccncn1. The zero-order valence-electron chi connectivity index (χ0n) is 9.81. The van der Waals surface area contributed by atoms with Gasteiger partial charge in [0.1, 0.15) is 6.33 Å². The number of nitrogens with zero attached hydrogens (tertiary/aromatic N) is 3. The number of aromatic nitrogens is 2. The molecule has 1 aromatic rings. The highest BCUT2D eigenvalue weighted by Crippen LogP contribution is 2.23. The van der Waals surface area contributed by atoms with Gasteiger partial charge in [-0.3, -0.25) is 0 Å². The van der Waals surface area contributed by atoms with Gasteiger partial charge in [-0.25, -0.2) is 9.97 Å². The van der Waals surface area contributed by atoms with Gasteiger partial charge < -0.3 is 0 Å². The summed E-state index contributed by atoms with van der Waals surface area (Å²) in [5, 5.41) is 9.88. The van der Waals surface area contributed by atoms with E-state index in [1.54, 1.807) is 24.3 Å². The largest absolute Gasteiger partial charge is 0.245 e. The summed E-state index contributed by atoms with van der Waals surface area (Å²) in [5.41, 5.74) is -0.181. The van der Waals surface area contributed by atoms with Crippen molar-refractivity contribution in [1.82, 2.24) is 9.97 Å². The summed E-state index contributed by atoms with van der Waals surface area (Å²) in [4.78, 5) is 8.01. The molecule has 86 valence electrons. The van der Waals surface area contributed by atoms with Crippen molar-refractivity contribution < 1.29 is 0 Å². The molecule has 1 aromatic heterocycles. The quantitative estimate of drug-likeness (QED) is 0.431. The summed E-state index contributed by atoms with van der Waals surface area (Å²) in [7, 11) is 0. The number of nitriles is 1. The van der Waals surface area contributed by atoms with Gasteiger partial charge in [0.15, 0.2) is 0 Å².